The summed E-state index contributed by atoms with van der Waals surface area (Å²) in [5.74, 6) is 0.907. The average Bonchev–Trinajstić information content (AvgIpc) is 2.52. The molecule has 1 fully saturated rings. The van der Waals surface area contributed by atoms with Gasteiger partial charge >= 0.3 is 0 Å². The van der Waals surface area contributed by atoms with Crippen molar-refractivity contribution in [2.75, 3.05) is 12.8 Å². The van der Waals surface area contributed by atoms with E-state index in [-0.39, 0.29) is 0 Å². The Morgan fingerprint density at radius 2 is 2.23 bits per heavy atom. The zero-order valence-electron chi connectivity index (χ0n) is 9.18. The summed E-state index contributed by atoms with van der Waals surface area (Å²) in [6, 6.07) is 0.814. The van der Waals surface area contributed by atoms with Crippen LogP contribution in [-0.2, 0) is 0 Å². The Hall–Kier alpha value is 0.310. The first kappa shape index (κ1) is 11.4. The number of hydrogen-bond donors (Lipinski definition) is 1. The summed E-state index contributed by atoms with van der Waals surface area (Å²) in [6.07, 6.45) is 7.76. The van der Waals surface area contributed by atoms with E-state index in [1.165, 1.54) is 32.2 Å². The van der Waals surface area contributed by atoms with Gasteiger partial charge < -0.3 is 5.32 Å². The van der Waals surface area contributed by atoms with Crippen molar-refractivity contribution in [2.24, 2.45) is 5.92 Å². The Morgan fingerprint density at radius 3 is 2.77 bits per heavy atom. The first-order chi connectivity index (χ1) is 6.24. The zero-order valence-corrected chi connectivity index (χ0v) is 9.99. The molecule has 1 aliphatic rings. The summed E-state index contributed by atoms with van der Waals surface area (Å²) in [5.41, 5.74) is 0. The normalized spacial score (nSPS) is 30.7. The molecule has 0 aromatic carbocycles. The molecule has 0 saturated heterocycles. The van der Waals surface area contributed by atoms with Gasteiger partial charge in [0.05, 0.1) is 0 Å². The topological polar surface area (TPSA) is 12.0 Å². The quantitative estimate of drug-likeness (QED) is 0.734. The summed E-state index contributed by atoms with van der Waals surface area (Å²) in [6.45, 7) is 5.89. The third kappa shape index (κ3) is 3.90. The molecule has 3 unspecified atom stereocenters. The molecule has 2 heteroatoms. The molecule has 0 spiro atoms. The van der Waals surface area contributed by atoms with Gasteiger partial charge in [0.2, 0.25) is 0 Å². The number of rotatable bonds is 5. The van der Waals surface area contributed by atoms with Crippen LogP contribution in [0.2, 0.25) is 0 Å². The van der Waals surface area contributed by atoms with E-state index < -0.39 is 0 Å². The van der Waals surface area contributed by atoms with Crippen molar-refractivity contribution in [3.63, 3.8) is 0 Å². The molecule has 0 bridgehead atoms. The second-order valence-electron chi connectivity index (χ2n) is 4.30. The first-order valence-corrected chi connectivity index (χ1v) is 6.79. The first-order valence-electron chi connectivity index (χ1n) is 5.50. The predicted molar refractivity (Wildman–Crippen MR) is 62.4 cm³/mol. The highest BCUT2D eigenvalue weighted by Gasteiger charge is 2.22. The standard InChI is InChI=1S/C11H23NS/c1-9-5-4-6-11(9)12-8-7-10(2)13-3/h9-12H,4-8H2,1-3H3. The van der Waals surface area contributed by atoms with Crippen molar-refractivity contribution in [1.29, 1.82) is 0 Å². The minimum absolute atomic E-state index is 0.809. The second kappa shape index (κ2) is 5.92. The van der Waals surface area contributed by atoms with E-state index in [2.05, 4.69) is 25.4 Å². The van der Waals surface area contributed by atoms with Crippen molar-refractivity contribution >= 4 is 11.8 Å². The molecular weight excluding hydrogens is 178 g/mol. The van der Waals surface area contributed by atoms with Crippen LogP contribution in [-0.4, -0.2) is 24.1 Å². The summed E-state index contributed by atoms with van der Waals surface area (Å²) >= 11 is 1.97. The molecule has 0 aromatic rings. The van der Waals surface area contributed by atoms with Crippen LogP contribution in [0.15, 0.2) is 0 Å². The van der Waals surface area contributed by atoms with Gasteiger partial charge in [0.15, 0.2) is 0 Å². The molecule has 1 saturated carbocycles. The summed E-state index contributed by atoms with van der Waals surface area (Å²) in [4.78, 5) is 0. The molecule has 1 rings (SSSR count). The minimum atomic E-state index is 0.809. The van der Waals surface area contributed by atoms with Gasteiger partial charge in [-0.25, -0.2) is 0 Å². The smallest absolute Gasteiger partial charge is 0.00926 e. The fourth-order valence-electron chi connectivity index (χ4n) is 2.04. The molecule has 0 radical (unpaired) electrons. The average molecular weight is 201 g/mol. The highest BCUT2D eigenvalue weighted by molar-refractivity contribution is 7.99. The molecule has 0 heterocycles. The molecule has 0 aliphatic heterocycles. The Labute approximate surface area is 87.1 Å². The van der Waals surface area contributed by atoms with Crippen LogP contribution in [0.25, 0.3) is 0 Å². The van der Waals surface area contributed by atoms with Crippen LogP contribution in [0.5, 0.6) is 0 Å². The monoisotopic (exact) mass is 201 g/mol. The van der Waals surface area contributed by atoms with Crippen LogP contribution in [0, 0.1) is 5.92 Å². The van der Waals surface area contributed by atoms with E-state index in [0.717, 1.165) is 17.2 Å². The molecule has 3 atom stereocenters. The third-order valence-corrected chi connectivity index (χ3v) is 4.26. The highest BCUT2D eigenvalue weighted by atomic mass is 32.2. The van der Waals surface area contributed by atoms with Gasteiger partial charge in [-0.3, -0.25) is 0 Å². The van der Waals surface area contributed by atoms with Gasteiger partial charge in [0, 0.05) is 11.3 Å². The Morgan fingerprint density at radius 1 is 1.46 bits per heavy atom. The van der Waals surface area contributed by atoms with Gasteiger partial charge in [-0.1, -0.05) is 20.3 Å². The third-order valence-electron chi connectivity index (χ3n) is 3.22. The van der Waals surface area contributed by atoms with Crippen LogP contribution >= 0.6 is 11.8 Å². The number of nitrogens with one attached hydrogen (secondary N) is 1. The van der Waals surface area contributed by atoms with Gasteiger partial charge in [-0.2, -0.15) is 11.8 Å². The van der Waals surface area contributed by atoms with Crippen molar-refractivity contribution < 1.29 is 0 Å². The van der Waals surface area contributed by atoms with Crippen LogP contribution in [0.1, 0.15) is 39.5 Å². The van der Waals surface area contributed by atoms with Crippen molar-refractivity contribution in [3.8, 4) is 0 Å². The fourth-order valence-corrected chi connectivity index (χ4v) is 2.39. The Balaban J connectivity index is 2.05. The number of thioether (sulfide) groups is 1. The molecule has 1 nitrogen and oxygen atoms in total. The van der Waals surface area contributed by atoms with Gasteiger partial charge in [0.25, 0.3) is 0 Å². The van der Waals surface area contributed by atoms with Gasteiger partial charge in [-0.15, -0.1) is 0 Å². The van der Waals surface area contributed by atoms with E-state index in [1.54, 1.807) is 0 Å². The van der Waals surface area contributed by atoms with E-state index in [9.17, 15) is 0 Å². The van der Waals surface area contributed by atoms with Crippen LogP contribution in [0.4, 0.5) is 0 Å². The molecule has 0 aromatic heterocycles. The van der Waals surface area contributed by atoms with E-state index in [0.29, 0.717) is 0 Å². The van der Waals surface area contributed by atoms with Gasteiger partial charge in [0.1, 0.15) is 0 Å². The summed E-state index contributed by atoms with van der Waals surface area (Å²) in [7, 11) is 0. The Bertz CT molecular complexity index is 138. The van der Waals surface area contributed by atoms with E-state index in [4.69, 9.17) is 0 Å². The Kier molecular flexibility index (Phi) is 5.18. The fraction of sp³-hybridized carbons (Fsp3) is 1.00. The SMILES string of the molecule is CSC(C)CCNC1CCCC1C. The lowest BCUT2D eigenvalue weighted by Gasteiger charge is -2.18. The van der Waals surface area contributed by atoms with Gasteiger partial charge in [-0.05, 0) is 38.0 Å². The largest absolute Gasteiger partial charge is 0.314 e. The molecule has 1 aliphatic carbocycles. The lowest BCUT2D eigenvalue weighted by Crippen LogP contribution is -2.32. The summed E-state index contributed by atoms with van der Waals surface area (Å²) in [5, 5.41) is 4.49. The molecule has 78 valence electrons. The van der Waals surface area contributed by atoms with E-state index >= 15 is 0 Å². The molecule has 1 N–H and O–H groups in total. The summed E-state index contributed by atoms with van der Waals surface area (Å²) < 4.78 is 0. The lowest BCUT2D eigenvalue weighted by molar-refractivity contribution is 0.424. The maximum Gasteiger partial charge on any atom is 0.00926 e. The molecule has 13 heavy (non-hydrogen) atoms. The van der Waals surface area contributed by atoms with Crippen molar-refractivity contribution in [3.05, 3.63) is 0 Å². The maximum absolute atomic E-state index is 3.68. The number of hydrogen-bond acceptors (Lipinski definition) is 2. The van der Waals surface area contributed by atoms with E-state index in [1.807, 2.05) is 11.8 Å². The highest BCUT2D eigenvalue weighted by Crippen LogP contribution is 2.24. The second-order valence-corrected chi connectivity index (χ2v) is 5.58. The zero-order chi connectivity index (χ0) is 9.68. The minimum Gasteiger partial charge on any atom is -0.314 e. The van der Waals surface area contributed by atoms with Crippen molar-refractivity contribution in [2.45, 2.75) is 50.8 Å². The molecule has 0 amide bonds. The van der Waals surface area contributed by atoms with Crippen LogP contribution < -0.4 is 5.32 Å². The molecular formula is C11H23NS. The van der Waals surface area contributed by atoms with Crippen molar-refractivity contribution in [1.82, 2.24) is 5.32 Å². The predicted octanol–water partition coefficient (Wildman–Crippen LogP) is 2.91. The van der Waals surface area contributed by atoms with Crippen LogP contribution in [0.3, 0.4) is 0 Å². The lowest BCUT2D eigenvalue weighted by atomic mass is 10.1. The maximum atomic E-state index is 3.68.